The van der Waals surface area contributed by atoms with Crippen molar-refractivity contribution < 1.29 is 42.0 Å². The second-order valence-corrected chi connectivity index (χ2v) is 14.6. The average Bonchev–Trinajstić information content (AvgIpc) is 3.78. The quantitative estimate of drug-likeness (QED) is 0.0446. The van der Waals surface area contributed by atoms with E-state index in [2.05, 4.69) is 10.3 Å². The lowest BCUT2D eigenvalue weighted by Crippen LogP contribution is -2.13. The first-order valence-corrected chi connectivity index (χ1v) is 20.9. The van der Waals surface area contributed by atoms with Crippen LogP contribution < -0.4 is 29.8 Å². The number of benzene rings is 5. The maximum Gasteiger partial charge on any atom is 0.197 e. The molecule has 64 heavy (non-hydrogen) atoms. The Hall–Kier alpha value is -7.26. The third kappa shape index (κ3) is 11.6. The zero-order valence-corrected chi connectivity index (χ0v) is 35.3. The van der Waals surface area contributed by atoms with Gasteiger partial charge in [-0.2, -0.15) is 0 Å². The van der Waals surface area contributed by atoms with E-state index < -0.39 is 0 Å². The summed E-state index contributed by atoms with van der Waals surface area (Å²) < 4.78 is 54.1. The molecule has 3 aromatic heterocycles. The zero-order chi connectivity index (χ0) is 43.9. The minimum absolute atomic E-state index is 0.0276. The van der Waals surface area contributed by atoms with E-state index in [9.17, 15) is 9.59 Å². The molecular weight excluding hydrogens is 819 g/mol. The lowest BCUT2D eigenvalue weighted by molar-refractivity contribution is 0.0333. The minimum Gasteiger partial charge on any atom is -0.494 e. The number of methoxy groups -OCH3 is 1. The van der Waals surface area contributed by atoms with Crippen molar-refractivity contribution in [2.75, 3.05) is 53.5 Å². The molecule has 5 aromatic carbocycles. The van der Waals surface area contributed by atoms with E-state index in [1.54, 1.807) is 35.0 Å². The Bertz CT molecular complexity index is 2860. The van der Waals surface area contributed by atoms with Crippen molar-refractivity contribution in [2.45, 2.75) is 26.0 Å². The molecule has 0 saturated carbocycles. The first-order valence-electron chi connectivity index (χ1n) is 20.9. The molecule has 0 atom stereocenters. The summed E-state index contributed by atoms with van der Waals surface area (Å²) in [5, 5.41) is 9.32. The highest BCUT2D eigenvalue weighted by molar-refractivity contribution is 5.86. The van der Waals surface area contributed by atoms with Crippen LogP contribution in [0.3, 0.4) is 0 Å². The van der Waals surface area contributed by atoms with Crippen molar-refractivity contribution in [1.29, 1.82) is 0 Å². The Labute approximate surface area is 368 Å². The number of hydrogen-bond acceptors (Lipinski definition) is 13. The lowest BCUT2D eigenvalue weighted by Gasteiger charge is -2.13. The predicted molar refractivity (Wildman–Crippen MR) is 240 cm³/mol. The topological polar surface area (TPSA) is 156 Å². The number of rotatable bonds is 23. The summed E-state index contributed by atoms with van der Waals surface area (Å²) in [6.45, 7) is 3.37. The van der Waals surface area contributed by atoms with Crippen molar-refractivity contribution in [3.05, 3.63) is 165 Å². The normalized spacial score (nSPS) is 11.3. The molecule has 14 heteroatoms. The average molecular weight is 866 g/mol. The zero-order valence-electron chi connectivity index (χ0n) is 35.3. The summed E-state index contributed by atoms with van der Waals surface area (Å²) in [5.41, 5.74) is 3.84. The number of aromatic nitrogens is 3. The van der Waals surface area contributed by atoms with E-state index in [1.165, 1.54) is 19.2 Å². The Morgan fingerprint density at radius 1 is 0.594 bits per heavy atom. The van der Waals surface area contributed by atoms with Crippen molar-refractivity contribution in [3.63, 3.8) is 0 Å². The maximum absolute atomic E-state index is 13.4. The van der Waals surface area contributed by atoms with E-state index in [-0.39, 0.29) is 24.3 Å². The van der Waals surface area contributed by atoms with Crippen LogP contribution in [0.4, 0.5) is 0 Å². The van der Waals surface area contributed by atoms with Gasteiger partial charge in [-0.1, -0.05) is 65.9 Å². The Kier molecular flexibility index (Phi) is 14.7. The molecule has 3 heterocycles. The van der Waals surface area contributed by atoms with Gasteiger partial charge in [-0.15, -0.1) is 5.10 Å². The second-order valence-electron chi connectivity index (χ2n) is 14.6. The number of ether oxygens (including phenoxy) is 7. The Morgan fingerprint density at radius 3 is 2.06 bits per heavy atom. The van der Waals surface area contributed by atoms with Gasteiger partial charge in [0, 0.05) is 54.8 Å². The molecule has 0 bridgehead atoms. The van der Waals surface area contributed by atoms with Crippen LogP contribution in [-0.2, 0) is 33.8 Å². The fraction of sp³-hybridized carbons (Fsp3) is 0.240. The monoisotopic (exact) mass is 865 g/mol. The second kappa shape index (κ2) is 21.7. The number of aryl methyl sites for hydroxylation is 1. The highest BCUT2D eigenvalue weighted by Gasteiger charge is 2.16. The van der Waals surface area contributed by atoms with Gasteiger partial charge in [-0.25, -0.2) is 4.68 Å². The molecule has 14 nitrogen and oxygen atoms in total. The molecule has 8 aromatic rings. The lowest BCUT2D eigenvalue weighted by atomic mass is 10.1. The summed E-state index contributed by atoms with van der Waals surface area (Å²) in [6, 6.07) is 38.1. The first-order chi connectivity index (χ1) is 31.5. The fourth-order valence-corrected chi connectivity index (χ4v) is 6.82. The molecule has 0 amide bonds. The van der Waals surface area contributed by atoms with Crippen LogP contribution in [0.2, 0.25) is 0 Å². The highest BCUT2D eigenvalue weighted by atomic mass is 16.7. The van der Waals surface area contributed by atoms with Gasteiger partial charge in [0.15, 0.2) is 17.7 Å². The van der Waals surface area contributed by atoms with E-state index in [4.69, 9.17) is 42.0 Å². The highest BCUT2D eigenvalue weighted by Crippen LogP contribution is 2.33. The van der Waals surface area contributed by atoms with Gasteiger partial charge in [0.2, 0.25) is 0 Å². The number of hydrogen-bond donors (Lipinski definition) is 0. The van der Waals surface area contributed by atoms with Crippen molar-refractivity contribution in [2.24, 2.45) is 0 Å². The molecule has 8 rings (SSSR count). The molecular formula is C50H47N3O11. The molecule has 0 N–H and O–H groups in total. The Morgan fingerprint density at radius 2 is 1.27 bits per heavy atom. The van der Waals surface area contributed by atoms with Gasteiger partial charge in [-0.3, -0.25) is 9.59 Å². The smallest absolute Gasteiger partial charge is 0.197 e. The maximum atomic E-state index is 13.4. The largest absolute Gasteiger partial charge is 0.494 e. The van der Waals surface area contributed by atoms with Crippen molar-refractivity contribution in [3.8, 4) is 45.6 Å². The van der Waals surface area contributed by atoms with Gasteiger partial charge in [0.05, 0.1) is 50.7 Å². The third-order valence-electron chi connectivity index (χ3n) is 10.0. The minimum atomic E-state index is -0.234. The molecule has 0 radical (unpaired) electrons. The van der Waals surface area contributed by atoms with Crippen LogP contribution in [0.5, 0.6) is 23.0 Å². The van der Waals surface area contributed by atoms with Gasteiger partial charge in [0.25, 0.3) is 0 Å². The van der Waals surface area contributed by atoms with Crippen LogP contribution in [0, 0.1) is 0 Å². The van der Waals surface area contributed by atoms with Crippen LogP contribution in [0.1, 0.15) is 17.7 Å². The van der Waals surface area contributed by atoms with Crippen LogP contribution in [0.15, 0.2) is 152 Å². The van der Waals surface area contributed by atoms with Gasteiger partial charge in [0.1, 0.15) is 64.3 Å². The van der Waals surface area contributed by atoms with Gasteiger partial charge >= 0.3 is 0 Å². The molecule has 328 valence electrons. The van der Waals surface area contributed by atoms with Crippen molar-refractivity contribution >= 4 is 21.9 Å². The van der Waals surface area contributed by atoms with E-state index in [1.807, 2.05) is 91.1 Å². The van der Waals surface area contributed by atoms with E-state index in [0.717, 1.165) is 23.2 Å². The van der Waals surface area contributed by atoms with Crippen LogP contribution >= 0.6 is 0 Å². The summed E-state index contributed by atoms with van der Waals surface area (Å²) in [6.07, 6.45) is 3.35. The SMILES string of the molecule is COCOc1cc(OCc2ccccc2)c2c(=O)cc(-c3ccc(OCCCc4cn(CCOCCOCCOc5ccc6c(=O)cc(-c7ccccc7)oc6c5)nn4)cc3)oc2c1. The summed E-state index contributed by atoms with van der Waals surface area (Å²) >= 11 is 0. The van der Waals surface area contributed by atoms with Crippen LogP contribution in [0.25, 0.3) is 44.6 Å². The standard InChI is InChI=1S/C50H47N3O11/c1-56-34-62-41-28-48(61-33-35-9-4-2-5-10-35)50-44(55)31-46(64-49(50)29-41)37-14-16-39(17-15-37)59-21-8-13-38-32-53(52-51-38)20-22-57-23-24-58-25-26-60-40-18-19-42-43(54)30-45(63-47(42)27-40)36-11-6-3-7-12-36/h2-7,9-12,14-19,27-32H,8,13,20-26,33-34H2,1H3. The summed E-state index contributed by atoms with van der Waals surface area (Å²) in [7, 11) is 1.53. The van der Waals surface area contributed by atoms with Crippen LogP contribution in [-0.4, -0.2) is 68.5 Å². The summed E-state index contributed by atoms with van der Waals surface area (Å²) in [5.74, 6) is 3.01. The molecule has 0 aliphatic carbocycles. The predicted octanol–water partition coefficient (Wildman–Crippen LogP) is 8.51. The van der Waals surface area contributed by atoms with E-state index in [0.29, 0.717) is 115 Å². The fourth-order valence-electron chi connectivity index (χ4n) is 6.82. The number of fused-ring (bicyclic) bond motifs is 2. The first kappa shape index (κ1) is 43.4. The summed E-state index contributed by atoms with van der Waals surface area (Å²) in [4.78, 5) is 26.1. The molecule has 0 unspecified atom stereocenters. The number of nitrogens with zero attached hydrogens (tertiary/aromatic N) is 3. The third-order valence-corrected chi connectivity index (χ3v) is 10.0. The van der Waals surface area contributed by atoms with Gasteiger partial charge in [-0.05, 0) is 54.8 Å². The molecule has 0 fully saturated rings. The van der Waals surface area contributed by atoms with Gasteiger partial charge < -0.3 is 42.0 Å². The van der Waals surface area contributed by atoms with Crippen molar-refractivity contribution in [1.82, 2.24) is 15.0 Å². The molecule has 0 aliphatic heterocycles. The van der Waals surface area contributed by atoms with E-state index >= 15 is 0 Å². The Balaban J connectivity index is 0.725. The molecule has 0 aliphatic rings. The molecule has 0 spiro atoms. The molecule has 0 saturated heterocycles.